The molecule has 1 aliphatic rings. The quantitative estimate of drug-likeness (QED) is 0.553. The number of hydrogen-bond donors (Lipinski definition) is 1. The fourth-order valence-electron chi connectivity index (χ4n) is 2.09. The van der Waals surface area contributed by atoms with E-state index in [0.717, 1.165) is 31.4 Å². The van der Waals surface area contributed by atoms with Crippen LogP contribution in [0.1, 0.15) is 37.8 Å². The van der Waals surface area contributed by atoms with Gasteiger partial charge < -0.3 is 14.8 Å². The lowest BCUT2D eigenvalue weighted by atomic mass is 10.1. The zero-order chi connectivity index (χ0) is 14.4. The first-order valence-corrected chi connectivity index (χ1v) is 7.66. The van der Waals surface area contributed by atoms with Crippen molar-refractivity contribution >= 4 is 0 Å². The molecule has 1 fully saturated rings. The molecule has 1 N–H and O–H groups in total. The summed E-state index contributed by atoms with van der Waals surface area (Å²) in [5.74, 6) is 2.37. The molecule has 0 bridgehead atoms. The van der Waals surface area contributed by atoms with Gasteiger partial charge in [-0.3, -0.25) is 0 Å². The number of ether oxygens (including phenoxy) is 2. The van der Waals surface area contributed by atoms with Crippen LogP contribution in [0.3, 0.4) is 0 Å². The third-order valence-electron chi connectivity index (χ3n) is 3.43. The number of hydrogen-bond acceptors (Lipinski definition) is 3. The largest absolute Gasteiger partial charge is 0.467 e. The van der Waals surface area contributed by atoms with E-state index in [1.807, 2.05) is 6.07 Å². The van der Waals surface area contributed by atoms with Gasteiger partial charge in [0.15, 0.2) is 6.79 Å². The van der Waals surface area contributed by atoms with E-state index < -0.39 is 0 Å². The van der Waals surface area contributed by atoms with Crippen LogP contribution in [0.2, 0.25) is 0 Å². The molecular formula is C17H27NO2. The SMILES string of the molecule is Cc1ccc(OCOCC2CC2)c(CNCC(C)C)c1. The van der Waals surface area contributed by atoms with Gasteiger partial charge in [-0.1, -0.05) is 31.5 Å². The molecule has 1 aromatic carbocycles. The highest BCUT2D eigenvalue weighted by molar-refractivity contribution is 5.36. The van der Waals surface area contributed by atoms with Gasteiger partial charge in [-0.25, -0.2) is 0 Å². The molecule has 0 amide bonds. The monoisotopic (exact) mass is 277 g/mol. The zero-order valence-electron chi connectivity index (χ0n) is 12.9. The molecule has 112 valence electrons. The smallest absolute Gasteiger partial charge is 0.189 e. The summed E-state index contributed by atoms with van der Waals surface area (Å²) in [4.78, 5) is 0. The van der Waals surface area contributed by atoms with Crippen molar-refractivity contribution in [2.75, 3.05) is 19.9 Å². The van der Waals surface area contributed by atoms with Crippen LogP contribution in [0.5, 0.6) is 5.75 Å². The predicted molar refractivity (Wildman–Crippen MR) is 81.9 cm³/mol. The van der Waals surface area contributed by atoms with Crippen molar-refractivity contribution in [3.63, 3.8) is 0 Å². The van der Waals surface area contributed by atoms with E-state index in [1.165, 1.54) is 24.0 Å². The zero-order valence-corrected chi connectivity index (χ0v) is 12.9. The number of aryl methyl sites for hydroxylation is 1. The fourth-order valence-corrected chi connectivity index (χ4v) is 2.09. The van der Waals surface area contributed by atoms with Gasteiger partial charge >= 0.3 is 0 Å². The summed E-state index contributed by atoms with van der Waals surface area (Å²) in [6.07, 6.45) is 2.63. The molecule has 1 saturated carbocycles. The van der Waals surface area contributed by atoms with Gasteiger partial charge in [-0.05, 0) is 44.2 Å². The summed E-state index contributed by atoms with van der Waals surface area (Å²) in [5.41, 5.74) is 2.47. The Balaban J connectivity index is 1.81. The molecule has 0 spiro atoms. The highest BCUT2D eigenvalue weighted by atomic mass is 16.7. The van der Waals surface area contributed by atoms with Gasteiger partial charge in [-0.2, -0.15) is 0 Å². The Morgan fingerprint density at radius 3 is 2.80 bits per heavy atom. The summed E-state index contributed by atoms with van der Waals surface area (Å²) < 4.78 is 11.3. The molecule has 0 aromatic heterocycles. The molecule has 3 heteroatoms. The summed E-state index contributed by atoms with van der Waals surface area (Å²) >= 11 is 0. The van der Waals surface area contributed by atoms with Gasteiger partial charge in [0.2, 0.25) is 0 Å². The number of rotatable bonds is 9. The highest BCUT2D eigenvalue weighted by Crippen LogP contribution is 2.28. The topological polar surface area (TPSA) is 30.5 Å². The lowest BCUT2D eigenvalue weighted by Crippen LogP contribution is -2.19. The Kier molecular flexibility index (Phi) is 5.86. The van der Waals surface area contributed by atoms with E-state index in [4.69, 9.17) is 9.47 Å². The lowest BCUT2D eigenvalue weighted by Gasteiger charge is -2.14. The summed E-state index contributed by atoms with van der Waals surface area (Å²) in [6, 6.07) is 6.31. The Labute approximate surface area is 122 Å². The molecule has 1 aliphatic carbocycles. The molecule has 1 aromatic rings. The Bertz CT molecular complexity index is 413. The summed E-state index contributed by atoms with van der Waals surface area (Å²) in [7, 11) is 0. The van der Waals surface area contributed by atoms with Crippen LogP contribution < -0.4 is 10.1 Å². The van der Waals surface area contributed by atoms with E-state index in [9.17, 15) is 0 Å². The maximum atomic E-state index is 5.77. The average Bonchev–Trinajstić information content (AvgIpc) is 3.20. The Morgan fingerprint density at radius 1 is 1.30 bits per heavy atom. The van der Waals surface area contributed by atoms with Crippen LogP contribution in [0.4, 0.5) is 0 Å². The van der Waals surface area contributed by atoms with Crippen molar-refractivity contribution in [3.05, 3.63) is 29.3 Å². The van der Waals surface area contributed by atoms with Crippen LogP contribution in [-0.4, -0.2) is 19.9 Å². The maximum absolute atomic E-state index is 5.77. The maximum Gasteiger partial charge on any atom is 0.189 e. The molecule has 0 unspecified atom stereocenters. The molecule has 0 saturated heterocycles. The number of benzene rings is 1. The van der Waals surface area contributed by atoms with E-state index in [2.05, 4.69) is 38.2 Å². The van der Waals surface area contributed by atoms with Gasteiger partial charge in [0.1, 0.15) is 5.75 Å². The highest BCUT2D eigenvalue weighted by Gasteiger charge is 2.21. The minimum absolute atomic E-state index is 0.358. The second-order valence-corrected chi connectivity index (χ2v) is 6.21. The van der Waals surface area contributed by atoms with E-state index in [0.29, 0.717) is 12.7 Å². The molecule has 0 radical (unpaired) electrons. The second kappa shape index (κ2) is 7.65. The first kappa shape index (κ1) is 15.3. The van der Waals surface area contributed by atoms with Crippen molar-refractivity contribution in [1.29, 1.82) is 0 Å². The third-order valence-corrected chi connectivity index (χ3v) is 3.43. The molecule has 2 rings (SSSR count). The van der Waals surface area contributed by atoms with Crippen LogP contribution in [0.25, 0.3) is 0 Å². The van der Waals surface area contributed by atoms with Crippen molar-refractivity contribution < 1.29 is 9.47 Å². The number of nitrogens with one attached hydrogen (secondary N) is 1. The van der Waals surface area contributed by atoms with Crippen LogP contribution in [0, 0.1) is 18.8 Å². The van der Waals surface area contributed by atoms with E-state index in [-0.39, 0.29) is 0 Å². The molecule has 0 aliphatic heterocycles. The first-order valence-electron chi connectivity index (χ1n) is 7.66. The van der Waals surface area contributed by atoms with Crippen molar-refractivity contribution in [2.45, 2.75) is 40.2 Å². The van der Waals surface area contributed by atoms with Gasteiger partial charge in [0.25, 0.3) is 0 Å². The second-order valence-electron chi connectivity index (χ2n) is 6.21. The van der Waals surface area contributed by atoms with Crippen molar-refractivity contribution in [1.82, 2.24) is 5.32 Å². The summed E-state index contributed by atoms with van der Waals surface area (Å²) in [6.45, 7) is 9.60. The lowest BCUT2D eigenvalue weighted by molar-refractivity contribution is 0.00940. The van der Waals surface area contributed by atoms with E-state index >= 15 is 0 Å². The Morgan fingerprint density at radius 2 is 2.10 bits per heavy atom. The van der Waals surface area contributed by atoms with Crippen molar-refractivity contribution in [2.24, 2.45) is 11.8 Å². The Hall–Kier alpha value is -1.06. The van der Waals surface area contributed by atoms with Crippen LogP contribution >= 0.6 is 0 Å². The van der Waals surface area contributed by atoms with Crippen molar-refractivity contribution in [3.8, 4) is 5.75 Å². The average molecular weight is 277 g/mol. The van der Waals surface area contributed by atoms with E-state index in [1.54, 1.807) is 0 Å². The third kappa shape index (κ3) is 5.51. The van der Waals surface area contributed by atoms with Gasteiger partial charge in [0, 0.05) is 12.1 Å². The predicted octanol–water partition coefficient (Wildman–Crippen LogP) is 3.50. The molecule has 3 nitrogen and oxygen atoms in total. The van der Waals surface area contributed by atoms with Gasteiger partial charge in [-0.15, -0.1) is 0 Å². The minimum Gasteiger partial charge on any atom is -0.467 e. The molecule has 0 atom stereocenters. The first-order chi connectivity index (χ1) is 9.65. The van der Waals surface area contributed by atoms with Crippen LogP contribution in [-0.2, 0) is 11.3 Å². The molecule has 0 heterocycles. The minimum atomic E-state index is 0.358. The summed E-state index contributed by atoms with van der Waals surface area (Å²) in [5, 5.41) is 3.47. The molecular weight excluding hydrogens is 250 g/mol. The fraction of sp³-hybridized carbons (Fsp3) is 0.647. The molecule has 20 heavy (non-hydrogen) atoms. The van der Waals surface area contributed by atoms with Gasteiger partial charge in [0.05, 0.1) is 6.61 Å². The van der Waals surface area contributed by atoms with Crippen LogP contribution in [0.15, 0.2) is 18.2 Å². The standard InChI is InChI=1S/C17H27NO2/c1-13(2)9-18-10-16-8-14(3)4-7-17(16)20-12-19-11-15-5-6-15/h4,7-8,13,15,18H,5-6,9-12H2,1-3H3. The normalized spacial score (nSPS) is 14.8.